The van der Waals surface area contributed by atoms with Crippen molar-refractivity contribution in [1.82, 2.24) is 0 Å². The van der Waals surface area contributed by atoms with Crippen LogP contribution in [-0.2, 0) is 31.2 Å². The molecule has 0 saturated carbocycles. The third-order valence-electron chi connectivity index (χ3n) is 8.04. The molecule has 0 amide bonds. The minimum Gasteiger partial charge on any atom is -0.481 e. The van der Waals surface area contributed by atoms with E-state index in [0.29, 0.717) is 38.5 Å². The average Bonchev–Trinajstić information content (AvgIpc) is 2.83. The second kappa shape index (κ2) is 14.1. The highest BCUT2D eigenvalue weighted by atomic mass is 32.2. The minimum absolute atomic E-state index is 0.195. The first kappa shape index (κ1) is 35.4. The molecule has 0 aromatic carbocycles. The first-order valence-corrected chi connectivity index (χ1v) is 17.2. The van der Waals surface area contributed by atoms with Gasteiger partial charge in [-0.15, -0.1) is 0 Å². The summed E-state index contributed by atoms with van der Waals surface area (Å²) >= 11 is 0. The van der Waals surface area contributed by atoms with Gasteiger partial charge in [-0.1, -0.05) is 64.8 Å². The number of unbranched alkanes of at least 4 members (excludes halogenated alkanes) is 2. The standard InChI is InChI=1S/C33H52O6S2/c1-30(2)20-24(14-9-11-18-32(5,6)28(34)35)40(38)26(22-30)16-13-17-27-23-31(3,4)21-25(41(27)39)15-10-12-19-33(7,8)29(36)37/h20-23H,9-19H2,1-8H3,(H,34,35)(H,36,37). The zero-order valence-corrected chi connectivity index (χ0v) is 28.1. The van der Waals surface area contributed by atoms with Gasteiger partial charge in [-0.3, -0.25) is 9.59 Å². The molecule has 232 valence electrons. The van der Waals surface area contributed by atoms with E-state index in [1.54, 1.807) is 27.7 Å². The van der Waals surface area contributed by atoms with Gasteiger partial charge in [0.15, 0.2) is 0 Å². The Morgan fingerprint density at radius 3 is 1.12 bits per heavy atom. The second-order valence-corrected chi connectivity index (χ2v) is 17.4. The molecule has 2 aliphatic rings. The summed E-state index contributed by atoms with van der Waals surface area (Å²) in [6.45, 7) is 15.5. The highest BCUT2D eigenvalue weighted by Gasteiger charge is 2.30. The quantitative estimate of drug-likeness (QED) is 0.170. The van der Waals surface area contributed by atoms with E-state index in [0.717, 1.165) is 51.7 Å². The van der Waals surface area contributed by atoms with Crippen LogP contribution < -0.4 is 0 Å². The number of hydrogen-bond acceptors (Lipinski definition) is 4. The molecule has 6 nitrogen and oxygen atoms in total. The van der Waals surface area contributed by atoms with Gasteiger partial charge in [0.05, 0.1) is 32.4 Å². The Morgan fingerprint density at radius 2 is 0.854 bits per heavy atom. The molecule has 2 rings (SSSR count). The van der Waals surface area contributed by atoms with Crippen LogP contribution >= 0.6 is 0 Å². The number of carboxylic acids is 2. The highest BCUT2D eigenvalue weighted by molar-refractivity contribution is 7.93. The Kier molecular flexibility index (Phi) is 12.2. The van der Waals surface area contributed by atoms with Crippen LogP contribution in [0.2, 0.25) is 0 Å². The van der Waals surface area contributed by atoms with Gasteiger partial charge in [0.1, 0.15) is 0 Å². The minimum atomic E-state index is -1.19. The third kappa shape index (κ3) is 10.8. The fourth-order valence-corrected chi connectivity index (χ4v) is 8.97. The van der Waals surface area contributed by atoms with E-state index in [2.05, 4.69) is 52.0 Å². The zero-order chi connectivity index (χ0) is 31.2. The maximum absolute atomic E-state index is 13.4. The Morgan fingerprint density at radius 1 is 0.585 bits per heavy atom. The molecule has 0 aliphatic carbocycles. The van der Waals surface area contributed by atoms with Gasteiger partial charge >= 0.3 is 11.9 Å². The summed E-state index contributed by atoms with van der Waals surface area (Å²) in [4.78, 5) is 26.5. The van der Waals surface area contributed by atoms with Crippen molar-refractivity contribution in [3.63, 3.8) is 0 Å². The van der Waals surface area contributed by atoms with Gasteiger partial charge in [-0.05, 0) is 85.5 Å². The molecule has 41 heavy (non-hydrogen) atoms. The van der Waals surface area contributed by atoms with E-state index in [1.165, 1.54) is 0 Å². The van der Waals surface area contributed by atoms with E-state index in [1.807, 2.05) is 0 Å². The molecule has 2 heterocycles. The molecule has 0 fully saturated rings. The van der Waals surface area contributed by atoms with E-state index in [9.17, 15) is 28.2 Å². The Balaban J connectivity index is 1.94. The summed E-state index contributed by atoms with van der Waals surface area (Å²) in [6, 6.07) is 0. The lowest BCUT2D eigenvalue weighted by Crippen LogP contribution is -2.23. The fraction of sp³-hybridized carbons (Fsp3) is 0.697. The van der Waals surface area contributed by atoms with Crippen molar-refractivity contribution in [2.45, 2.75) is 126 Å². The number of hydrogen-bond donors (Lipinski definition) is 2. The van der Waals surface area contributed by atoms with Gasteiger partial charge < -0.3 is 10.2 Å². The van der Waals surface area contributed by atoms with Crippen LogP contribution in [0.1, 0.15) is 126 Å². The van der Waals surface area contributed by atoms with Crippen LogP contribution in [0.5, 0.6) is 0 Å². The monoisotopic (exact) mass is 608 g/mol. The predicted molar refractivity (Wildman–Crippen MR) is 170 cm³/mol. The number of carbonyl (C=O) groups is 2. The SMILES string of the molecule is CC1(C)C=C(CCCCC(C)(C)C(=O)O)S(=O)C(CCCC2=CC(C)(C)C=C(CCCCC(C)(C)C(=O)O)S2=O)=C1. The predicted octanol–water partition coefficient (Wildman–Crippen LogP) is 8.61. The van der Waals surface area contributed by atoms with Crippen LogP contribution in [0, 0.1) is 21.7 Å². The Labute approximate surface area is 252 Å². The lowest BCUT2D eigenvalue weighted by atomic mass is 9.86. The van der Waals surface area contributed by atoms with Crippen LogP contribution in [0.15, 0.2) is 43.9 Å². The van der Waals surface area contributed by atoms with Gasteiger partial charge in [0, 0.05) is 30.5 Å². The molecule has 0 saturated heterocycles. The summed E-state index contributed by atoms with van der Waals surface area (Å²) in [5, 5.41) is 18.7. The fourth-order valence-electron chi connectivity index (χ4n) is 5.34. The van der Waals surface area contributed by atoms with Crippen molar-refractivity contribution >= 4 is 33.5 Å². The molecule has 0 aromatic rings. The lowest BCUT2D eigenvalue weighted by Gasteiger charge is -2.27. The molecule has 2 atom stereocenters. The number of aliphatic carboxylic acids is 2. The topological polar surface area (TPSA) is 109 Å². The van der Waals surface area contributed by atoms with Gasteiger partial charge in [0.25, 0.3) is 0 Å². The molecule has 0 bridgehead atoms. The molecule has 2 N–H and O–H groups in total. The van der Waals surface area contributed by atoms with Crippen molar-refractivity contribution in [2.24, 2.45) is 21.7 Å². The van der Waals surface area contributed by atoms with E-state index in [4.69, 9.17) is 0 Å². The maximum atomic E-state index is 13.4. The highest BCUT2D eigenvalue weighted by Crippen LogP contribution is 2.39. The number of carboxylic acid groups (broad SMARTS) is 2. The summed E-state index contributed by atoms with van der Waals surface area (Å²) in [7, 11) is -2.38. The smallest absolute Gasteiger partial charge is 0.309 e. The Hall–Kier alpha value is -1.80. The van der Waals surface area contributed by atoms with Gasteiger partial charge in [0.2, 0.25) is 0 Å². The summed E-state index contributed by atoms with van der Waals surface area (Å²) in [6.07, 6.45) is 16.3. The number of rotatable bonds is 16. The van der Waals surface area contributed by atoms with E-state index in [-0.39, 0.29) is 10.8 Å². The first-order chi connectivity index (χ1) is 18.8. The largest absolute Gasteiger partial charge is 0.481 e. The van der Waals surface area contributed by atoms with Gasteiger partial charge in [-0.2, -0.15) is 0 Å². The lowest BCUT2D eigenvalue weighted by molar-refractivity contribution is -0.148. The van der Waals surface area contributed by atoms with E-state index < -0.39 is 44.4 Å². The normalized spacial score (nSPS) is 22.3. The van der Waals surface area contributed by atoms with Crippen molar-refractivity contribution in [3.8, 4) is 0 Å². The van der Waals surface area contributed by atoms with Crippen LogP contribution in [0.4, 0.5) is 0 Å². The summed E-state index contributed by atoms with van der Waals surface area (Å²) < 4.78 is 26.9. The molecule has 0 spiro atoms. The van der Waals surface area contributed by atoms with Crippen LogP contribution in [0.3, 0.4) is 0 Å². The van der Waals surface area contributed by atoms with Crippen LogP contribution in [0.25, 0.3) is 0 Å². The maximum Gasteiger partial charge on any atom is 0.309 e. The van der Waals surface area contributed by atoms with Gasteiger partial charge in [-0.25, -0.2) is 8.42 Å². The van der Waals surface area contributed by atoms with Crippen molar-refractivity contribution in [3.05, 3.63) is 43.9 Å². The molecular weight excluding hydrogens is 556 g/mol. The first-order valence-electron chi connectivity index (χ1n) is 14.9. The van der Waals surface area contributed by atoms with Crippen LogP contribution in [-0.4, -0.2) is 30.6 Å². The Bertz CT molecular complexity index is 1070. The molecule has 2 aliphatic heterocycles. The average molecular weight is 609 g/mol. The van der Waals surface area contributed by atoms with Crippen molar-refractivity contribution < 1.29 is 28.2 Å². The molecule has 8 heteroatoms. The zero-order valence-electron chi connectivity index (χ0n) is 26.4. The molecular formula is C33H52O6S2. The second-order valence-electron chi connectivity index (χ2n) is 14.3. The third-order valence-corrected chi connectivity index (χ3v) is 11.2. The van der Waals surface area contributed by atoms with E-state index >= 15 is 0 Å². The number of allylic oxidation sites excluding steroid dienone is 8. The van der Waals surface area contributed by atoms with Crippen molar-refractivity contribution in [1.29, 1.82) is 0 Å². The molecule has 2 unspecified atom stereocenters. The van der Waals surface area contributed by atoms with Crippen molar-refractivity contribution in [2.75, 3.05) is 0 Å². The summed E-state index contributed by atoms with van der Waals surface area (Å²) in [5.74, 6) is -1.58. The summed E-state index contributed by atoms with van der Waals surface area (Å²) in [5.41, 5.74) is -1.89. The molecule has 0 radical (unpaired) electrons. The molecule has 0 aromatic heterocycles.